The number of aromatic nitrogens is 2. The third-order valence-electron chi connectivity index (χ3n) is 17.4. The van der Waals surface area contributed by atoms with Gasteiger partial charge in [0.05, 0.1) is 52.3 Å². The van der Waals surface area contributed by atoms with Gasteiger partial charge in [0, 0.05) is 25.2 Å². The lowest BCUT2D eigenvalue weighted by molar-refractivity contribution is -0.396. The van der Waals surface area contributed by atoms with E-state index in [0.717, 1.165) is 0 Å². The molecular weight excluding hydrogens is 1270 g/mol. The number of aliphatic hydroxyl groups excluding tert-OH is 20. The minimum Gasteiger partial charge on any atom is -0.480 e. The fourth-order valence-electron chi connectivity index (χ4n) is 12.2. The van der Waals surface area contributed by atoms with Gasteiger partial charge < -0.3 is 189 Å². The Morgan fingerprint density at radius 2 is 0.667 bits per heavy atom. The Bertz CT molecular complexity index is 2460. The average molecular weight is 1360 g/mol. The Labute approximate surface area is 525 Å². The third-order valence-corrected chi connectivity index (χ3v) is 17.4. The summed E-state index contributed by atoms with van der Waals surface area (Å²) in [4.78, 5) is 31.8. The van der Waals surface area contributed by atoms with Crippen LogP contribution in [-0.4, -0.2) is 403 Å². The number of carboxylic acid groups (broad SMARTS) is 1. The van der Waals surface area contributed by atoms with Crippen molar-refractivity contribution in [1.29, 1.82) is 0 Å². The second-order valence-corrected chi connectivity index (χ2v) is 23.4. The van der Waals surface area contributed by atoms with Crippen molar-refractivity contribution in [2.75, 3.05) is 52.8 Å². The monoisotopic (exact) mass is 1360 g/mol. The van der Waals surface area contributed by atoms with Crippen LogP contribution in [0.4, 0.5) is 0 Å². The molecule has 16 heterocycles. The Kier molecular flexibility index (Phi) is 25.9. The van der Waals surface area contributed by atoms with E-state index in [0.29, 0.717) is 0 Å². The molecule has 0 unspecified atom stereocenters. The van der Waals surface area contributed by atoms with Crippen molar-refractivity contribution < 1.29 is 183 Å². The van der Waals surface area contributed by atoms with E-state index in [1.165, 1.54) is 12.4 Å². The number of rotatable bonds is 16. The molecule has 16 rings (SSSR count). The first-order valence-electron chi connectivity index (χ1n) is 29.9. The van der Waals surface area contributed by atoms with Crippen molar-refractivity contribution in [2.24, 2.45) is 0 Å². The van der Waals surface area contributed by atoms with Gasteiger partial charge in [-0.25, -0.2) is 9.78 Å². The number of hydrogen-bond acceptors (Lipinski definition) is 38. The smallest absolute Gasteiger partial charge is 0.326 e. The zero-order valence-electron chi connectivity index (χ0n) is 49.1. The summed E-state index contributed by atoms with van der Waals surface area (Å²) in [7, 11) is 0. The summed E-state index contributed by atoms with van der Waals surface area (Å²) >= 11 is 0. The van der Waals surface area contributed by atoms with Gasteiger partial charge in [0.1, 0.15) is 177 Å². The second kappa shape index (κ2) is 32.6. The van der Waals surface area contributed by atoms with Gasteiger partial charge in [-0.15, -0.1) is 0 Å². The summed E-state index contributed by atoms with van der Waals surface area (Å²) in [5.74, 6) is -1.87. The number of aliphatic carboxylic acids is 1. The number of amides is 1. The molecular formula is C52H84N4O37. The third kappa shape index (κ3) is 15.9. The number of nitrogens with one attached hydrogen (secondary N) is 3. The molecule has 0 spiro atoms. The summed E-state index contributed by atoms with van der Waals surface area (Å²) in [6.45, 7) is -7.80. The van der Waals surface area contributed by atoms with E-state index in [2.05, 4.69) is 20.6 Å². The first-order valence-corrected chi connectivity index (χ1v) is 29.9. The Hall–Kier alpha value is -3.25. The normalized spacial score (nSPS) is 48.1. The lowest BCUT2D eigenvalue weighted by Gasteiger charge is -2.50. The summed E-state index contributed by atoms with van der Waals surface area (Å²) < 4.78 is 81.6. The molecule has 24 N–H and O–H groups in total. The van der Waals surface area contributed by atoms with Gasteiger partial charge in [-0.05, 0) is 13.0 Å². The highest BCUT2D eigenvalue weighted by Crippen LogP contribution is 2.39. The predicted octanol–water partition coefficient (Wildman–Crippen LogP) is -15.3. The molecule has 15 aliphatic rings. The van der Waals surface area contributed by atoms with Crippen LogP contribution >= 0.6 is 0 Å². The molecule has 0 saturated carbocycles. The number of imidazole rings is 1. The second-order valence-electron chi connectivity index (χ2n) is 23.4. The lowest BCUT2D eigenvalue weighted by Crippen LogP contribution is -2.70. The highest BCUT2D eigenvalue weighted by atomic mass is 16.8. The molecule has 1 amide bonds. The fraction of sp³-hybridized carbons (Fsp3) is 0.904. The molecule has 15 fully saturated rings. The first kappa shape index (κ1) is 74.0. The van der Waals surface area contributed by atoms with Gasteiger partial charge in [0.25, 0.3) is 0 Å². The van der Waals surface area contributed by atoms with E-state index in [4.69, 9.17) is 66.3 Å². The molecule has 534 valence electrons. The van der Waals surface area contributed by atoms with Gasteiger partial charge in [-0.1, -0.05) is 0 Å². The van der Waals surface area contributed by atoms with Crippen LogP contribution in [0.25, 0.3) is 0 Å². The molecule has 15 saturated heterocycles. The molecule has 1 aromatic rings. The number of aromatic amines is 1. The maximum atomic E-state index is 13.1. The SMILES string of the molecule is O=C(CCCN[C@H]1[C@H]2O[C@H]3[C@H](O)[C@@H](O)[C@@H](O[C@H]4[C@H](O)[C@@H](O)[C@@H](O[C@H]5[C@H](O)[C@@H](O)[C@@H](O[C@H]6[C@H](O)[C@@H](O)[C@@H](O[C@H]7[C@H](O)[C@@H](O)[C@@H](O[C@H]8[C@H](O)[C@@H](O)[C@@H](O[C@@H]([C@@H]1O)[C@@H](CO)O2)O[C@@H]8CO)O[C@@H]7CO)O[C@@H]6CO)O[C@@H]5CO)O[C@@H]4CO)O[C@@H]3CO)N[C@@H](Cc1ncc[nH]1)C(=O)O. The zero-order valence-corrected chi connectivity index (χ0v) is 49.1. The highest BCUT2D eigenvalue weighted by molar-refractivity contribution is 5.83. The largest absolute Gasteiger partial charge is 0.480 e. The number of nitrogens with zero attached hydrogens (tertiary/aromatic N) is 1. The van der Waals surface area contributed by atoms with Crippen LogP contribution in [0.2, 0.25) is 0 Å². The summed E-state index contributed by atoms with van der Waals surface area (Å²) in [6.07, 6.45) is -66.8. The van der Waals surface area contributed by atoms with E-state index in [1.807, 2.05) is 0 Å². The molecule has 14 bridgehead atoms. The molecule has 1 aromatic heterocycles. The van der Waals surface area contributed by atoms with Crippen LogP contribution in [0.1, 0.15) is 18.7 Å². The van der Waals surface area contributed by atoms with Gasteiger partial charge in [-0.3, -0.25) is 4.79 Å². The molecule has 15 aliphatic heterocycles. The van der Waals surface area contributed by atoms with Crippen molar-refractivity contribution >= 4 is 11.9 Å². The van der Waals surface area contributed by atoms with Crippen molar-refractivity contribution in [1.82, 2.24) is 20.6 Å². The quantitative estimate of drug-likeness (QED) is 0.0684. The molecule has 0 aromatic carbocycles. The van der Waals surface area contributed by atoms with Crippen molar-refractivity contribution in [3.05, 3.63) is 18.2 Å². The Balaban J connectivity index is 1.000. The predicted molar refractivity (Wildman–Crippen MR) is 285 cm³/mol. The van der Waals surface area contributed by atoms with Crippen LogP contribution in [-0.2, 0) is 82.3 Å². The van der Waals surface area contributed by atoms with Crippen molar-refractivity contribution in [2.45, 2.75) is 240 Å². The van der Waals surface area contributed by atoms with E-state index >= 15 is 0 Å². The number of H-pyrrole nitrogens is 1. The topological polar surface area (TPSA) is 641 Å². The zero-order chi connectivity index (χ0) is 67.4. The van der Waals surface area contributed by atoms with E-state index in [-0.39, 0.29) is 31.6 Å². The van der Waals surface area contributed by atoms with Crippen LogP contribution < -0.4 is 10.6 Å². The molecule has 36 atom stereocenters. The molecule has 41 heteroatoms. The van der Waals surface area contributed by atoms with E-state index in [1.54, 1.807) is 0 Å². The number of aliphatic hydroxyl groups is 20. The number of carbonyl (C=O) groups is 2. The lowest BCUT2D eigenvalue weighted by atomic mass is 9.94. The molecule has 93 heavy (non-hydrogen) atoms. The number of ether oxygens (including phenoxy) is 14. The number of fused-ring (bicyclic) bond motifs is 7. The molecule has 41 nitrogen and oxygen atoms in total. The Morgan fingerprint density at radius 1 is 0.398 bits per heavy atom. The Morgan fingerprint density at radius 3 is 0.925 bits per heavy atom. The van der Waals surface area contributed by atoms with Gasteiger partial charge >= 0.3 is 5.97 Å². The summed E-state index contributed by atoms with van der Waals surface area (Å²) in [6, 6.07) is -3.08. The number of hydrogen-bond donors (Lipinski definition) is 24. The van der Waals surface area contributed by atoms with Gasteiger partial charge in [0.15, 0.2) is 44.0 Å². The minimum atomic E-state index is -2.26. The molecule has 0 aliphatic carbocycles. The summed E-state index contributed by atoms with van der Waals surface area (Å²) in [5.41, 5.74) is 0. The highest BCUT2D eigenvalue weighted by Gasteiger charge is 2.60. The van der Waals surface area contributed by atoms with E-state index in [9.17, 15) is 117 Å². The molecule has 0 radical (unpaired) electrons. The van der Waals surface area contributed by atoms with Gasteiger partial charge in [0.2, 0.25) is 5.91 Å². The minimum absolute atomic E-state index is 0.130. The maximum Gasteiger partial charge on any atom is 0.326 e. The van der Waals surface area contributed by atoms with Crippen LogP contribution in [0.15, 0.2) is 12.4 Å². The van der Waals surface area contributed by atoms with Crippen molar-refractivity contribution in [3.8, 4) is 0 Å². The fourth-order valence-corrected chi connectivity index (χ4v) is 12.2. The summed E-state index contributed by atoms with van der Waals surface area (Å²) in [5, 5.41) is 239. The first-order chi connectivity index (χ1) is 44.4. The van der Waals surface area contributed by atoms with E-state index < -0.39 is 279 Å². The van der Waals surface area contributed by atoms with Crippen LogP contribution in [0, 0.1) is 0 Å². The average Bonchev–Trinajstić information content (AvgIpc) is 1.23. The number of carboxylic acids is 1. The van der Waals surface area contributed by atoms with Crippen molar-refractivity contribution in [3.63, 3.8) is 0 Å². The van der Waals surface area contributed by atoms with Crippen LogP contribution in [0.5, 0.6) is 0 Å². The standard InChI is InChI=1S/C52H84N4O37/c57-7-15-38-25(65)24(55-3-1-2-23(64)56-14(45(78)79)6-22-53-4-5-54-22)46(80-15)87-39-16(8-58)81-48(32(72)26(39)66)89-41-18(10-60)83-50(34(74)28(41)68)91-43-20(12-62)85-52(36(76)30(43)70)93-44-21(13-63)86-51(37(77)31(44)71)92-42-19(11-61)84-49(35(75)29(42)69)90-40-17(9-59)82-47(88-38)33(73)27(40)67/h4-5,14-21,24-44,46-52,55,57-63,65-77H,1-3,6-13H2,(H,53,54)(H,56,64)(H,78,79)/t14-,15+,16+,17+,18+,19+,20+,21+,24+,25+,26+,27+,28+,29+,30+,31+,32+,33+,34+,35+,36+,37+,38+,39+,40+,41+,42+,43+,44+,46+,47+,48+,49+,50+,51+,52+/m0/s1. The number of carbonyl (C=O) groups excluding carboxylic acids is 1. The van der Waals surface area contributed by atoms with Crippen LogP contribution in [0.3, 0.4) is 0 Å². The maximum absolute atomic E-state index is 13.1. The van der Waals surface area contributed by atoms with Gasteiger partial charge in [-0.2, -0.15) is 0 Å².